The molecule has 1 aliphatic carbocycles. The van der Waals surface area contributed by atoms with Gasteiger partial charge in [0, 0.05) is 18.8 Å². The van der Waals surface area contributed by atoms with Crippen molar-refractivity contribution >= 4 is 5.71 Å². The average Bonchev–Trinajstić information content (AvgIpc) is 2.00. The Morgan fingerprint density at radius 3 is 2.75 bits per heavy atom. The van der Waals surface area contributed by atoms with E-state index in [4.69, 9.17) is 0 Å². The molecular formula is C8H15NO3. The van der Waals surface area contributed by atoms with Gasteiger partial charge in [-0.2, -0.15) is 0 Å². The molecule has 0 amide bonds. The topological polar surface area (TPSA) is 62.0 Å². The smallest absolute Gasteiger partial charge is 0.106 e. The molecule has 1 rings (SSSR count). The highest BCUT2D eigenvalue weighted by molar-refractivity contribution is 5.87. The lowest BCUT2D eigenvalue weighted by atomic mass is 9.84. The van der Waals surface area contributed by atoms with Crippen molar-refractivity contribution in [3.63, 3.8) is 0 Å². The van der Waals surface area contributed by atoms with Crippen molar-refractivity contribution in [2.75, 3.05) is 7.11 Å². The van der Waals surface area contributed by atoms with Gasteiger partial charge in [-0.05, 0) is 0 Å². The SMILES string of the molecule is CO/N=C1/C[C@@H](O)C[C@H](O)C1C. The van der Waals surface area contributed by atoms with Crippen LogP contribution in [0.2, 0.25) is 0 Å². The highest BCUT2D eigenvalue weighted by atomic mass is 16.6. The Kier molecular flexibility index (Phi) is 3.05. The van der Waals surface area contributed by atoms with Crippen LogP contribution in [0.15, 0.2) is 5.16 Å². The van der Waals surface area contributed by atoms with Crippen LogP contribution in [0.1, 0.15) is 19.8 Å². The van der Waals surface area contributed by atoms with Gasteiger partial charge < -0.3 is 15.1 Å². The molecule has 70 valence electrons. The van der Waals surface area contributed by atoms with Gasteiger partial charge in [0.05, 0.1) is 17.9 Å². The Hall–Kier alpha value is -0.610. The minimum atomic E-state index is -0.498. The van der Waals surface area contributed by atoms with Gasteiger partial charge in [-0.25, -0.2) is 0 Å². The molecule has 0 aromatic rings. The maximum absolute atomic E-state index is 9.45. The van der Waals surface area contributed by atoms with E-state index in [1.165, 1.54) is 7.11 Å². The molecular weight excluding hydrogens is 158 g/mol. The average molecular weight is 173 g/mol. The Bertz CT molecular complexity index is 181. The molecule has 12 heavy (non-hydrogen) atoms. The van der Waals surface area contributed by atoms with Crippen molar-refractivity contribution in [2.24, 2.45) is 11.1 Å². The van der Waals surface area contributed by atoms with Crippen LogP contribution in [0.5, 0.6) is 0 Å². The molecule has 0 aromatic heterocycles. The summed E-state index contributed by atoms with van der Waals surface area (Å²) < 4.78 is 0. The third-order valence-electron chi connectivity index (χ3n) is 2.27. The fourth-order valence-electron chi connectivity index (χ4n) is 1.45. The van der Waals surface area contributed by atoms with Crippen LogP contribution >= 0.6 is 0 Å². The molecule has 4 nitrogen and oxygen atoms in total. The van der Waals surface area contributed by atoms with Gasteiger partial charge in [0.1, 0.15) is 7.11 Å². The molecule has 0 saturated heterocycles. The number of hydrogen-bond donors (Lipinski definition) is 2. The van der Waals surface area contributed by atoms with Crippen molar-refractivity contribution in [3.8, 4) is 0 Å². The van der Waals surface area contributed by atoms with Crippen LogP contribution in [-0.2, 0) is 4.84 Å². The van der Waals surface area contributed by atoms with Gasteiger partial charge in [0.15, 0.2) is 0 Å². The fraction of sp³-hybridized carbons (Fsp3) is 0.875. The zero-order chi connectivity index (χ0) is 9.14. The van der Waals surface area contributed by atoms with Crippen molar-refractivity contribution < 1.29 is 15.1 Å². The highest BCUT2D eigenvalue weighted by Gasteiger charge is 2.30. The monoisotopic (exact) mass is 173 g/mol. The summed E-state index contributed by atoms with van der Waals surface area (Å²) in [4.78, 5) is 4.61. The van der Waals surface area contributed by atoms with Crippen LogP contribution in [-0.4, -0.2) is 35.2 Å². The van der Waals surface area contributed by atoms with Crippen LogP contribution < -0.4 is 0 Å². The van der Waals surface area contributed by atoms with E-state index in [9.17, 15) is 10.2 Å². The first-order chi connectivity index (χ1) is 5.65. The summed E-state index contributed by atoms with van der Waals surface area (Å²) in [6.45, 7) is 1.88. The molecule has 1 aliphatic rings. The maximum Gasteiger partial charge on any atom is 0.106 e. The van der Waals surface area contributed by atoms with Crippen molar-refractivity contribution in [1.29, 1.82) is 0 Å². The summed E-state index contributed by atoms with van der Waals surface area (Å²) in [6.07, 6.45) is -0.0385. The van der Waals surface area contributed by atoms with Gasteiger partial charge in [0.25, 0.3) is 0 Å². The first-order valence-electron chi connectivity index (χ1n) is 4.11. The van der Waals surface area contributed by atoms with Crippen molar-refractivity contribution in [3.05, 3.63) is 0 Å². The molecule has 0 aromatic carbocycles. The molecule has 1 unspecified atom stereocenters. The molecule has 1 saturated carbocycles. The maximum atomic E-state index is 9.45. The van der Waals surface area contributed by atoms with E-state index < -0.39 is 12.2 Å². The predicted molar refractivity (Wildman–Crippen MR) is 44.9 cm³/mol. The van der Waals surface area contributed by atoms with Crippen molar-refractivity contribution in [2.45, 2.75) is 32.0 Å². The first kappa shape index (κ1) is 9.48. The molecule has 4 heteroatoms. The number of nitrogens with zero attached hydrogens (tertiary/aromatic N) is 1. The standard InChI is InChI=1S/C8H15NO3/c1-5-7(9-12-2)3-6(10)4-8(5)11/h5-6,8,10-11H,3-4H2,1-2H3/b9-7-/t5?,6-,8+/m1/s1. The molecule has 2 N–H and O–H groups in total. The number of rotatable bonds is 1. The molecule has 0 spiro atoms. The lowest BCUT2D eigenvalue weighted by Gasteiger charge is -2.28. The van der Waals surface area contributed by atoms with E-state index >= 15 is 0 Å². The van der Waals surface area contributed by atoms with Crippen LogP contribution in [0.4, 0.5) is 0 Å². The van der Waals surface area contributed by atoms with Crippen LogP contribution in [0.3, 0.4) is 0 Å². The third kappa shape index (κ3) is 1.95. The molecule has 0 bridgehead atoms. The predicted octanol–water partition coefficient (Wildman–Crippen LogP) is 0.141. The fourth-order valence-corrected chi connectivity index (χ4v) is 1.45. The summed E-state index contributed by atoms with van der Waals surface area (Å²) >= 11 is 0. The van der Waals surface area contributed by atoms with Gasteiger partial charge in [-0.3, -0.25) is 0 Å². The van der Waals surface area contributed by atoms with E-state index in [2.05, 4.69) is 9.99 Å². The highest BCUT2D eigenvalue weighted by Crippen LogP contribution is 2.22. The van der Waals surface area contributed by atoms with Crippen LogP contribution in [0, 0.1) is 5.92 Å². The zero-order valence-corrected chi connectivity index (χ0v) is 7.40. The second kappa shape index (κ2) is 3.87. The molecule has 0 aliphatic heterocycles. The summed E-state index contributed by atoms with van der Waals surface area (Å²) in [5.41, 5.74) is 0.740. The van der Waals surface area contributed by atoms with Gasteiger partial charge in [-0.15, -0.1) is 0 Å². The largest absolute Gasteiger partial charge is 0.399 e. The number of aliphatic hydroxyl groups is 2. The second-order valence-corrected chi connectivity index (χ2v) is 3.21. The number of aliphatic hydroxyl groups excluding tert-OH is 2. The van der Waals surface area contributed by atoms with Gasteiger partial charge in [0.2, 0.25) is 0 Å². The van der Waals surface area contributed by atoms with E-state index in [0.29, 0.717) is 12.8 Å². The lowest BCUT2D eigenvalue weighted by Crippen LogP contribution is -2.37. The normalized spacial score (nSPS) is 40.0. The molecule has 3 atom stereocenters. The number of hydrogen-bond acceptors (Lipinski definition) is 4. The quantitative estimate of drug-likeness (QED) is 0.554. The van der Waals surface area contributed by atoms with Crippen LogP contribution in [0.25, 0.3) is 0 Å². The molecule has 1 fully saturated rings. The Morgan fingerprint density at radius 2 is 2.17 bits per heavy atom. The van der Waals surface area contributed by atoms with E-state index in [0.717, 1.165) is 5.71 Å². The first-order valence-corrected chi connectivity index (χ1v) is 4.11. The van der Waals surface area contributed by atoms with Gasteiger partial charge in [-0.1, -0.05) is 12.1 Å². The van der Waals surface area contributed by atoms with Crippen molar-refractivity contribution in [1.82, 2.24) is 0 Å². The summed E-state index contributed by atoms with van der Waals surface area (Å²) in [6, 6.07) is 0. The Morgan fingerprint density at radius 1 is 1.50 bits per heavy atom. The molecule has 0 heterocycles. The lowest BCUT2D eigenvalue weighted by molar-refractivity contribution is 0.0490. The Labute approximate surface area is 71.8 Å². The number of oxime groups is 1. The minimum Gasteiger partial charge on any atom is -0.399 e. The summed E-state index contributed by atoms with van der Waals surface area (Å²) in [5, 5.41) is 22.5. The molecule has 0 radical (unpaired) electrons. The minimum absolute atomic E-state index is 0.00616. The summed E-state index contributed by atoms with van der Waals surface area (Å²) in [7, 11) is 1.47. The summed E-state index contributed by atoms with van der Waals surface area (Å²) in [5.74, 6) is -0.00616. The van der Waals surface area contributed by atoms with E-state index in [1.54, 1.807) is 0 Å². The van der Waals surface area contributed by atoms with Gasteiger partial charge >= 0.3 is 0 Å². The second-order valence-electron chi connectivity index (χ2n) is 3.21. The third-order valence-corrected chi connectivity index (χ3v) is 2.27. The van der Waals surface area contributed by atoms with E-state index in [-0.39, 0.29) is 5.92 Å². The Balaban J connectivity index is 2.66. The van der Waals surface area contributed by atoms with E-state index in [1.807, 2.05) is 6.92 Å². The zero-order valence-electron chi connectivity index (χ0n) is 7.40.